The van der Waals surface area contributed by atoms with Crippen molar-refractivity contribution in [2.45, 2.75) is 38.6 Å². The number of carboxylic acid groups (broad SMARTS) is 1. The molecule has 1 atom stereocenters. The summed E-state index contributed by atoms with van der Waals surface area (Å²) >= 11 is 0. The number of urea groups is 1. The molecule has 108 valence electrons. The molecule has 2 fully saturated rings. The highest BCUT2D eigenvalue weighted by Gasteiger charge is 2.46. The highest BCUT2D eigenvalue weighted by atomic mass is 16.4. The van der Waals surface area contributed by atoms with E-state index in [4.69, 9.17) is 5.11 Å². The first-order valence-electron chi connectivity index (χ1n) is 6.94. The Morgan fingerprint density at radius 2 is 2.11 bits per heavy atom. The zero-order valence-corrected chi connectivity index (χ0v) is 11.3. The number of carboxylic acids is 1. The summed E-state index contributed by atoms with van der Waals surface area (Å²) in [5, 5.41) is 18.4. The number of nitrogens with zero attached hydrogens (tertiary/aromatic N) is 2. The summed E-state index contributed by atoms with van der Waals surface area (Å²) in [5.41, 5.74) is -0.788. The van der Waals surface area contributed by atoms with Crippen LogP contribution < -0.4 is 0 Å². The van der Waals surface area contributed by atoms with Crippen molar-refractivity contribution in [1.29, 1.82) is 0 Å². The second kappa shape index (κ2) is 5.36. The van der Waals surface area contributed by atoms with Crippen LogP contribution in [0.5, 0.6) is 0 Å². The monoisotopic (exact) mass is 270 g/mol. The molecular weight excluding hydrogens is 248 g/mol. The molecule has 1 saturated heterocycles. The third-order valence-corrected chi connectivity index (χ3v) is 4.33. The van der Waals surface area contributed by atoms with Crippen LogP contribution in [0.3, 0.4) is 0 Å². The number of aliphatic hydroxyl groups excluding tert-OH is 1. The van der Waals surface area contributed by atoms with E-state index in [9.17, 15) is 14.7 Å². The number of aliphatic carboxylic acids is 1. The quantitative estimate of drug-likeness (QED) is 0.772. The zero-order chi connectivity index (χ0) is 14.0. The van der Waals surface area contributed by atoms with Gasteiger partial charge in [0.15, 0.2) is 0 Å². The summed E-state index contributed by atoms with van der Waals surface area (Å²) in [6.45, 7) is 2.93. The Labute approximate surface area is 113 Å². The molecule has 2 rings (SSSR count). The van der Waals surface area contributed by atoms with Crippen molar-refractivity contribution >= 4 is 12.0 Å². The molecule has 1 aliphatic carbocycles. The number of aliphatic hydroxyl groups is 1. The van der Waals surface area contributed by atoms with Gasteiger partial charge in [-0.25, -0.2) is 4.79 Å². The molecule has 0 aromatic heterocycles. The molecular formula is C13H22N2O4. The van der Waals surface area contributed by atoms with E-state index in [0.29, 0.717) is 25.9 Å². The van der Waals surface area contributed by atoms with Crippen LogP contribution >= 0.6 is 0 Å². The second-order valence-corrected chi connectivity index (χ2v) is 5.54. The van der Waals surface area contributed by atoms with Crippen LogP contribution in [0.1, 0.15) is 32.6 Å². The number of carbonyl (C=O) groups excluding carboxylic acids is 1. The van der Waals surface area contributed by atoms with E-state index >= 15 is 0 Å². The van der Waals surface area contributed by atoms with E-state index in [1.807, 2.05) is 6.92 Å². The third-order valence-electron chi connectivity index (χ3n) is 4.33. The van der Waals surface area contributed by atoms with Gasteiger partial charge in [-0.05, 0) is 25.7 Å². The fourth-order valence-electron chi connectivity index (χ4n) is 2.76. The Hall–Kier alpha value is -1.30. The van der Waals surface area contributed by atoms with Crippen molar-refractivity contribution in [1.82, 2.24) is 9.80 Å². The number of hydrogen-bond donors (Lipinski definition) is 2. The Morgan fingerprint density at radius 3 is 2.53 bits per heavy atom. The predicted octanol–water partition coefficient (Wildman–Crippen LogP) is 0.750. The Balaban J connectivity index is 2.02. The van der Waals surface area contributed by atoms with E-state index in [1.165, 1.54) is 0 Å². The van der Waals surface area contributed by atoms with Gasteiger partial charge in [0.25, 0.3) is 0 Å². The predicted molar refractivity (Wildman–Crippen MR) is 68.8 cm³/mol. The minimum absolute atomic E-state index is 0.0477. The van der Waals surface area contributed by atoms with Crippen molar-refractivity contribution in [2.75, 3.05) is 26.2 Å². The normalized spacial score (nSPS) is 26.5. The average Bonchev–Trinajstić information content (AvgIpc) is 3.13. The van der Waals surface area contributed by atoms with Crippen LogP contribution in [0, 0.1) is 5.41 Å². The molecule has 19 heavy (non-hydrogen) atoms. The van der Waals surface area contributed by atoms with E-state index in [0.717, 1.165) is 12.8 Å². The molecule has 1 unspecified atom stereocenters. The molecule has 0 radical (unpaired) electrons. The first-order chi connectivity index (χ1) is 9.04. The van der Waals surface area contributed by atoms with Gasteiger partial charge < -0.3 is 20.0 Å². The van der Waals surface area contributed by atoms with Crippen LogP contribution in [0.15, 0.2) is 0 Å². The van der Waals surface area contributed by atoms with Crippen LogP contribution in [0.25, 0.3) is 0 Å². The summed E-state index contributed by atoms with van der Waals surface area (Å²) < 4.78 is 0. The Kier molecular flexibility index (Phi) is 3.99. The Morgan fingerprint density at radius 1 is 1.42 bits per heavy atom. The van der Waals surface area contributed by atoms with E-state index < -0.39 is 11.4 Å². The standard InChI is InChI=1S/C13H22N2O4/c1-2-13(11(17)18)5-6-14(9-13)12(19)15(7-8-16)10-3-4-10/h10,16H,2-9H2,1H3,(H,17,18). The molecule has 2 aliphatic rings. The highest BCUT2D eigenvalue weighted by molar-refractivity contribution is 5.80. The second-order valence-electron chi connectivity index (χ2n) is 5.54. The van der Waals surface area contributed by atoms with Crippen molar-refractivity contribution in [3.8, 4) is 0 Å². The lowest BCUT2D eigenvalue weighted by Gasteiger charge is -2.29. The lowest BCUT2D eigenvalue weighted by molar-refractivity contribution is -0.148. The molecule has 6 heteroatoms. The molecule has 0 aromatic carbocycles. The van der Waals surface area contributed by atoms with Crippen LogP contribution in [-0.2, 0) is 4.79 Å². The minimum Gasteiger partial charge on any atom is -0.481 e. The van der Waals surface area contributed by atoms with Crippen LogP contribution in [0.2, 0.25) is 0 Å². The van der Waals surface area contributed by atoms with Gasteiger partial charge in [0.1, 0.15) is 0 Å². The fourth-order valence-corrected chi connectivity index (χ4v) is 2.76. The van der Waals surface area contributed by atoms with Crippen molar-refractivity contribution in [3.63, 3.8) is 0 Å². The summed E-state index contributed by atoms with van der Waals surface area (Å²) in [5.74, 6) is -0.814. The molecule has 1 heterocycles. The van der Waals surface area contributed by atoms with Gasteiger partial charge in [-0.3, -0.25) is 4.79 Å². The maximum absolute atomic E-state index is 12.4. The van der Waals surface area contributed by atoms with Gasteiger partial charge in [-0.2, -0.15) is 0 Å². The number of rotatable bonds is 5. The molecule has 6 nitrogen and oxygen atoms in total. The van der Waals surface area contributed by atoms with Gasteiger partial charge in [0, 0.05) is 25.7 Å². The third kappa shape index (κ3) is 2.68. The van der Waals surface area contributed by atoms with Crippen molar-refractivity contribution in [3.05, 3.63) is 0 Å². The van der Waals surface area contributed by atoms with Gasteiger partial charge >= 0.3 is 12.0 Å². The van der Waals surface area contributed by atoms with Gasteiger partial charge in [0.2, 0.25) is 0 Å². The van der Waals surface area contributed by atoms with Crippen LogP contribution in [-0.4, -0.2) is 64.3 Å². The van der Waals surface area contributed by atoms with Crippen molar-refractivity contribution < 1.29 is 19.8 Å². The van der Waals surface area contributed by atoms with Gasteiger partial charge in [0.05, 0.1) is 12.0 Å². The minimum atomic E-state index is -0.814. The topological polar surface area (TPSA) is 81.1 Å². The number of amides is 2. The maximum Gasteiger partial charge on any atom is 0.320 e. The van der Waals surface area contributed by atoms with Crippen molar-refractivity contribution in [2.24, 2.45) is 5.41 Å². The molecule has 1 aliphatic heterocycles. The average molecular weight is 270 g/mol. The van der Waals surface area contributed by atoms with Gasteiger partial charge in [-0.15, -0.1) is 0 Å². The summed E-state index contributed by atoms with van der Waals surface area (Å²) in [6, 6.07) is 0.120. The SMILES string of the molecule is CCC1(C(=O)O)CCN(C(=O)N(CCO)C2CC2)C1. The maximum atomic E-state index is 12.4. The first kappa shape index (κ1) is 14.1. The number of likely N-dealkylation sites (tertiary alicyclic amines) is 1. The number of hydrogen-bond acceptors (Lipinski definition) is 3. The number of carbonyl (C=O) groups is 2. The van der Waals surface area contributed by atoms with E-state index in [2.05, 4.69) is 0 Å². The Bertz CT molecular complexity index is 370. The molecule has 0 bridgehead atoms. The zero-order valence-electron chi connectivity index (χ0n) is 11.3. The molecule has 0 spiro atoms. The fraction of sp³-hybridized carbons (Fsp3) is 0.846. The highest BCUT2D eigenvalue weighted by Crippen LogP contribution is 2.36. The van der Waals surface area contributed by atoms with Gasteiger partial charge in [-0.1, -0.05) is 6.92 Å². The molecule has 1 saturated carbocycles. The lowest BCUT2D eigenvalue weighted by atomic mass is 9.84. The first-order valence-corrected chi connectivity index (χ1v) is 6.94. The van der Waals surface area contributed by atoms with Crippen LogP contribution in [0.4, 0.5) is 4.79 Å². The van der Waals surface area contributed by atoms with E-state index in [1.54, 1.807) is 9.80 Å². The largest absolute Gasteiger partial charge is 0.481 e. The molecule has 2 N–H and O–H groups in total. The summed E-state index contributed by atoms with van der Waals surface area (Å²) in [4.78, 5) is 27.1. The lowest BCUT2D eigenvalue weighted by Crippen LogP contribution is -2.46. The molecule has 2 amide bonds. The summed E-state index contributed by atoms with van der Waals surface area (Å²) in [7, 11) is 0. The smallest absolute Gasteiger partial charge is 0.320 e. The molecule has 0 aromatic rings. The summed E-state index contributed by atoms with van der Waals surface area (Å²) in [6.07, 6.45) is 3.02. The van der Waals surface area contributed by atoms with E-state index in [-0.39, 0.29) is 25.2 Å².